The van der Waals surface area contributed by atoms with E-state index >= 15 is 0 Å². The van der Waals surface area contributed by atoms with Crippen molar-refractivity contribution in [1.82, 2.24) is 5.32 Å². The van der Waals surface area contributed by atoms with Gasteiger partial charge in [-0.05, 0) is 36.6 Å². The van der Waals surface area contributed by atoms with Crippen molar-refractivity contribution in [2.24, 2.45) is 0 Å². The van der Waals surface area contributed by atoms with Crippen LogP contribution in [0, 0.1) is 0 Å². The minimum absolute atomic E-state index is 0.0142. The Morgan fingerprint density at radius 1 is 1.18 bits per heavy atom. The zero-order valence-electron chi connectivity index (χ0n) is 11.6. The van der Waals surface area contributed by atoms with Gasteiger partial charge in [-0.1, -0.05) is 34.1 Å². The Hall–Kier alpha value is -2.08. The molecule has 0 aliphatic heterocycles. The standard InChI is InChI=1S/C16H14BrNO4/c17-11-4-2-1-3-10(11)16(7-8-16)9-18-14(19)12-5-6-13(22-12)15(20)21/h1-6H,7-9H2,(H,18,19)(H,20,21). The van der Waals surface area contributed by atoms with E-state index in [1.54, 1.807) is 0 Å². The maximum atomic E-state index is 12.1. The number of hydrogen-bond donors (Lipinski definition) is 2. The van der Waals surface area contributed by atoms with E-state index in [2.05, 4.69) is 27.3 Å². The van der Waals surface area contributed by atoms with Crippen LogP contribution in [0.1, 0.15) is 39.5 Å². The Kier molecular flexibility index (Phi) is 3.78. The SMILES string of the molecule is O=C(O)c1ccc(C(=O)NCC2(c3ccccc3Br)CC2)o1. The van der Waals surface area contributed by atoms with Crippen molar-refractivity contribution in [3.05, 3.63) is 58.0 Å². The van der Waals surface area contributed by atoms with Gasteiger partial charge < -0.3 is 14.8 Å². The summed E-state index contributed by atoms with van der Waals surface area (Å²) in [7, 11) is 0. The average Bonchev–Trinajstić information content (AvgIpc) is 3.10. The number of carboxylic acids is 1. The Morgan fingerprint density at radius 3 is 2.45 bits per heavy atom. The number of amides is 1. The summed E-state index contributed by atoms with van der Waals surface area (Å²) in [6, 6.07) is 10.6. The summed E-state index contributed by atoms with van der Waals surface area (Å²) in [5.74, 6) is -1.81. The Labute approximate surface area is 135 Å². The van der Waals surface area contributed by atoms with E-state index in [9.17, 15) is 9.59 Å². The van der Waals surface area contributed by atoms with Crippen LogP contribution in [-0.4, -0.2) is 23.5 Å². The number of carbonyl (C=O) groups is 2. The second-order valence-electron chi connectivity index (χ2n) is 5.41. The summed E-state index contributed by atoms with van der Waals surface area (Å²) >= 11 is 3.55. The third-order valence-electron chi connectivity index (χ3n) is 3.93. The van der Waals surface area contributed by atoms with Gasteiger partial charge in [0.05, 0.1) is 0 Å². The van der Waals surface area contributed by atoms with Crippen LogP contribution in [0.5, 0.6) is 0 Å². The van der Waals surface area contributed by atoms with Gasteiger partial charge in [0.25, 0.3) is 5.91 Å². The summed E-state index contributed by atoms with van der Waals surface area (Å²) in [6.45, 7) is 0.498. The van der Waals surface area contributed by atoms with Crippen LogP contribution in [0.25, 0.3) is 0 Å². The van der Waals surface area contributed by atoms with Gasteiger partial charge in [0, 0.05) is 16.4 Å². The summed E-state index contributed by atoms with van der Waals surface area (Å²) in [6.07, 6.45) is 2.02. The monoisotopic (exact) mass is 363 g/mol. The number of benzene rings is 1. The van der Waals surface area contributed by atoms with Gasteiger partial charge >= 0.3 is 5.97 Å². The molecule has 1 saturated carbocycles. The van der Waals surface area contributed by atoms with Crippen molar-refractivity contribution in [2.75, 3.05) is 6.54 Å². The third kappa shape index (κ3) is 2.78. The number of furan rings is 1. The topological polar surface area (TPSA) is 79.5 Å². The highest BCUT2D eigenvalue weighted by Gasteiger charge is 2.45. The van der Waals surface area contributed by atoms with Crippen LogP contribution >= 0.6 is 15.9 Å². The highest BCUT2D eigenvalue weighted by molar-refractivity contribution is 9.10. The molecule has 1 fully saturated rings. The van der Waals surface area contributed by atoms with Gasteiger partial charge in [0.1, 0.15) is 0 Å². The number of hydrogen-bond acceptors (Lipinski definition) is 3. The molecule has 0 unspecified atom stereocenters. The van der Waals surface area contributed by atoms with Crippen molar-refractivity contribution in [3.63, 3.8) is 0 Å². The summed E-state index contributed by atoms with van der Waals surface area (Å²) in [5.41, 5.74) is 1.14. The van der Waals surface area contributed by atoms with E-state index < -0.39 is 11.9 Å². The normalized spacial score (nSPS) is 15.3. The fourth-order valence-electron chi connectivity index (χ4n) is 2.49. The number of halogens is 1. The van der Waals surface area contributed by atoms with Crippen LogP contribution in [0.2, 0.25) is 0 Å². The van der Waals surface area contributed by atoms with E-state index in [1.807, 2.05) is 18.2 Å². The molecule has 1 aromatic heterocycles. The number of carbonyl (C=O) groups excluding carboxylic acids is 1. The predicted octanol–water partition coefficient (Wildman–Crippen LogP) is 3.20. The summed E-state index contributed by atoms with van der Waals surface area (Å²) < 4.78 is 6.04. The molecule has 2 aromatic rings. The van der Waals surface area contributed by atoms with Crippen molar-refractivity contribution in [2.45, 2.75) is 18.3 Å². The highest BCUT2D eigenvalue weighted by atomic mass is 79.9. The average molecular weight is 364 g/mol. The molecule has 1 aromatic carbocycles. The lowest BCUT2D eigenvalue weighted by Gasteiger charge is -2.17. The van der Waals surface area contributed by atoms with Crippen molar-refractivity contribution in [3.8, 4) is 0 Å². The first-order valence-electron chi connectivity index (χ1n) is 6.88. The number of aromatic carboxylic acids is 1. The molecule has 0 atom stereocenters. The van der Waals surface area contributed by atoms with Crippen LogP contribution in [0.3, 0.4) is 0 Å². The van der Waals surface area contributed by atoms with Gasteiger partial charge in [0.2, 0.25) is 5.76 Å². The molecule has 0 bridgehead atoms. The predicted molar refractivity (Wildman–Crippen MR) is 83.1 cm³/mol. The highest BCUT2D eigenvalue weighted by Crippen LogP contribution is 2.49. The van der Waals surface area contributed by atoms with E-state index in [4.69, 9.17) is 9.52 Å². The third-order valence-corrected chi connectivity index (χ3v) is 4.62. The number of carboxylic acid groups (broad SMARTS) is 1. The van der Waals surface area contributed by atoms with Crippen LogP contribution < -0.4 is 5.32 Å². The van der Waals surface area contributed by atoms with Crippen molar-refractivity contribution in [1.29, 1.82) is 0 Å². The molecule has 5 nitrogen and oxygen atoms in total. The van der Waals surface area contributed by atoms with Crippen LogP contribution in [0.15, 0.2) is 45.3 Å². The molecule has 2 N–H and O–H groups in total. The lowest BCUT2D eigenvalue weighted by Crippen LogP contribution is -2.32. The van der Waals surface area contributed by atoms with Crippen LogP contribution in [-0.2, 0) is 5.41 Å². The largest absolute Gasteiger partial charge is 0.475 e. The zero-order chi connectivity index (χ0) is 15.7. The molecule has 1 aliphatic carbocycles. The quantitative estimate of drug-likeness (QED) is 0.854. The molecule has 1 heterocycles. The van der Waals surface area contributed by atoms with Gasteiger partial charge in [-0.3, -0.25) is 4.79 Å². The maximum absolute atomic E-state index is 12.1. The summed E-state index contributed by atoms with van der Waals surface area (Å²) in [5, 5.41) is 11.6. The fraction of sp³-hybridized carbons (Fsp3) is 0.250. The second-order valence-corrected chi connectivity index (χ2v) is 6.27. The van der Waals surface area contributed by atoms with E-state index in [-0.39, 0.29) is 16.9 Å². The molecule has 22 heavy (non-hydrogen) atoms. The van der Waals surface area contributed by atoms with E-state index in [0.29, 0.717) is 6.54 Å². The molecule has 0 saturated heterocycles. The Bertz CT molecular complexity index is 733. The first-order valence-corrected chi connectivity index (χ1v) is 7.67. The summed E-state index contributed by atoms with van der Waals surface area (Å²) in [4.78, 5) is 22.8. The Balaban J connectivity index is 1.68. The van der Waals surface area contributed by atoms with Gasteiger partial charge in [-0.25, -0.2) is 4.79 Å². The molecule has 1 amide bonds. The van der Waals surface area contributed by atoms with E-state index in [1.165, 1.54) is 17.7 Å². The van der Waals surface area contributed by atoms with Gasteiger partial charge in [-0.15, -0.1) is 0 Å². The molecular weight excluding hydrogens is 350 g/mol. The molecule has 114 valence electrons. The van der Waals surface area contributed by atoms with Crippen LogP contribution in [0.4, 0.5) is 0 Å². The van der Waals surface area contributed by atoms with Gasteiger partial charge in [-0.2, -0.15) is 0 Å². The van der Waals surface area contributed by atoms with Gasteiger partial charge in [0.15, 0.2) is 5.76 Å². The van der Waals surface area contributed by atoms with Crippen molar-refractivity contribution < 1.29 is 19.1 Å². The fourth-order valence-corrected chi connectivity index (χ4v) is 3.20. The second kappa shape index (κ2) is 5.61. The number of nitrogens with one attached hydrogen (secondary N) is 1. The molecular formula is C16H14BrNO4. The molecule has 6 heteroatoms. The minimum Gasteiger partial charge on any atom is -0.475 e. The molecule has 3 rings (SSSR count). The lowest BCUT2D eigenvalue weighted by atomic mass is 9.96. The smallest absolute Gasteiger partial charge is 0.371 e. The van der Waals surface area contributed by atoms with E-state index in [0.717, 1.165) is 17.3 Å². The first kappa shape index (κ1) is 14.8. The lowest BCUT2D eigenvalue weighted by molar-refractivity contribution is 0.0659. The zero-order valence-corrected chi connectivity index (χ0v) is 13.2. The Morgan fingerprint density at radius 2 is 1.86 bits per heavy atom. The molecule has 0 radical (unpaired) electrons. The minimum atomic E-state index is -1.19. The maximum Gasteiger partial charge on any atom is 0.371 e. The first-order chi connectivity index (χ1) is 10.5. The molecule has 0 spiro atoms. The number of rotatable bonds is 5. The molecule has 1 aliphatic rings. The van der Waals surface area contributed by atoms with Crippen molar-refractivity contribution >= 4 is 27.8 Å².